The van der Waals surface area contributed by atoms with Gasteiger partial charge in [0.05, 0.1) is 19.3 Å². The molecule has 6 nitrogen and oxygen atoms in total. The topological polar surface area (TPSA) is 55.3 Å². The number of morpholine rings is 1. The molecule has 1 aromatic rings. The third kappa shape index (κ3) is 7.45. The average Bonchev–Trinajstić information content (AvgIpc) is 3.25. The summed E-state index contributed by atoms with van der Waals surface area (Å²) >= 11 is 0. The molecule has 10 heteroatoms. The number of alkyl halides is 3. The van der Waals surface area contributed by atoms with Crippen LogP contribution in [0, 0.1) is 0 Å². The largest absolute Gasteiger partial charge is 0.484 e. The lowest BCUT2D eigenvalue weighted by Crippen LogP contribution is -2.53. The van der Waals surface area contributed by atoms with E-state index in [1.807, 2.05) is 6.92 Å². The molecule has 2 atom stereocenters. The van der Waals surface area contributed by atoms with Crippen LogP contribution < -0.4 is 10.1 Å². The Labute approximate surface area is 192 Å². The minimum absolute atomic E-state index is 0. The maximum absolute atomic E-state index is 12.5. The van der Waals surface area contributed by atoms with Crippen LogP contribution in [0.25, 0.3) is 0 Å². The van der Waals surface area contributed by atoms with E-state index in [0.29, 0.717) is 37.8 Å². The third-order valence-electron chi connectivity index (χ3n) is 4.87. The highest BCUT2D eigenvalue weighted by atomic mass is 127. The summed E-state index contributed by atoms with van der Waals surface area (Å²) in [5, 5.41) is 3.27. The van der Waals surface area contributed by atoms with Gasteiger partial charge in [-0.25, -0.2) is 4.99 Å². The van der Waals surface area contributed by atoms with E-state index in [1.54, 1.807) is 18.2 Å². The van der Waals surface area contributed by atoms with E-state index < -0.39 is 12.8 Å². The molecule has 2 aliphatic rings. The Hall–Kier alpha value is -1.27. The molecule has 0 bridgehead atoms. The second-order valence-electron chi connectivity index (χ2n) is 7.09. The Morgan fingerprint density at radius 3 is 2.70 bits per heavy atom. The van der Waals surface area contributed by atoms with Crippen LogP contribution in [0.2, 0.25) is 0 Å². The number of nitrogens with one attached hydrogen (secondary N) is 1. The Morgan fingerprint density at radius 1 is 1.23 bits per heavy atom. The fourth-order valence-corrected chi connectivity index (χ4v) is 3.51. The van der Waals surface area contributed by atoms with E-state index in [1.165, 1.54) is 6.07 Å². The van der Waals surface area contributed by atoms with E-state index in [4.69, 9.17) is 14.2 Å². The molecule has 2 aliphatic heterocycles. The van der Waals surface area contributed by atoms with Gasteiger partial charge in [-0.05, 0) is 25.8 Å². The van der Waals surface area contributed by atoms with Gasteiger partial charge >= 0.3 is 6.18 Å². The molecule has 2 fully saturated rings. The molecule has 0 amide bonds. The number of ether oxygens (including phenoxy) is 3. The number of para-hydroxylation sites is 1. The van der Waals surface area contributed by atoms with Crippen molar-refractivity contribution in [2.45, 2.75) is 44.7 Å². The smallest absolute Gasteiger partial charge is 0.422 e. The first-order chi connectivity index (χ1) is 14.0. The zero-order valence-corrected chi connectivity index (χ0v) is 19.3. The number of nitrogens with zero attached hydrogens (tertiary/aromatic N) is 2. The van der Waals surface area contributed by atoms with Gasteiger partial charge in [-0.15, -0.1) is 24.0 Å². The zero-order chi connectivity index (χ0) is 20.7. The standard InChI is InChI=1S/C20H28F3N3O3.HI/c1-2-24-19(26-9-11-28-18(13-26)17-8-5-10-27-17)25-12-15-6-3-4-7-16(15)29-14-20(21,22)23;/h3-4,6-7,17-18H,2,5,8-14H2,1H3,(H,24,25);1H. The highest BCUT2D eigenvalue weighted by molar-refractivity contribution is 14.0. The van der Waals surface area contributed by atoms with Gasteiger partial charge in [0.25, 0.3) is 0 Å². The first kappa shape index (κ1) is 25.0. The van der Waals surface area contributed by atoms with Gasteiger partial charge in [0.1, 0.15) is 11.9 Å². The quantitative estimate of drug-likeness (QED) is 0.338. The van der Waals surface area contributed by atoms with Gasteiger partial charge in [0.15, 0.2) is 12.6 Å². The summed E-state index contributed by atoms with van der Waals surface area (Å²) in [5.41, 5.74) is 0.607. The van der Waals surface area contributed by atoms with Gasteiger partial charge in [0, 0.05) is 31.8 Å². The fourth-order valence-electron chi connectivity index (χ4n) is 3.51. The van der Waals surface area contributed by atoms with Crippen molar-refractivity contribution >= 4 is 29.9 Å². The number of halogens is 4. The van der Waals surface area contributed by atoms with Crippen LogP contribution in [0.3, 0.4) is 0 Å². The van der Waals surface area contributed by atoms with Gasteiger partial charge in [-0.1, -0.05) is 18.2 Å². The van der Waals surface area contributed by atoms with Gasteiger partial charge in [-0.2, -0.15) is 13.2 Å². The van der Waals surface area contributed by atoms with E-state index in [9.17, 15) is 13.2 Å². The Balaban J connectivity index is 0.00000320. The van der Waals surface area contributed by atoms with Crippen LogP contribution in [0.1, 0.15) is 25.3 Å². The maximum Gasteiger partial charge on any atom is 0.422 e. The Kier molecular flexibility index (Phi) is 9.95. The van der Waals surface area contributed by atoms with Crippen LogP contribution in [-0.4, -0.2) is 68.7 Å². The molecule has 0 aromatic heterocycles. The monoisotopic (exact) mass is 543 g/mol. The van der Waals surface area contributed by atoms with Crippen LogP contribution in [0.15, 0.2) is 29.3 Å². The molecular formula is C20H29F3IN3O3. The minimum Gasteiger partial charge on any atom is -0.484 e. The first-order valence-corrected chi connectivity index (χ1v) is 10.00. The summed E-state index contributed by atoms with van der Waals surface area (Å²) in [6, 6.07) is 6.68. The molecular weight excluding hydrogens is 514 g/mol. The lowest BCUT2D eigenvalue weighted by molar-refractivity contribution is -0.153. The molecule has 0 radical (unpaired) electrons. The van der Waals surface area contributed by atoms with Crippen molar-refractivity contribution in [3.63, 3.8) is 0 Å². The SMILES string of the molecule is CCNC(=NCc1ccccc1OCC(F)(F)F)N1CCOC(C2CCCO2)C1.I. The van der Waals surface area contributed by atoms with Gasteiger partial charge in [-0.3, -0.25) is 0 Å². The normalized spacial score (nSPS) is 22.5. The predicted octanol–water partition coefficient (Wildman–Crippen LogP) is 3.59. The van der Waals surface area contributed by atoms with Gasteiger partial charge < -0.3 is 24.4 Å². The molecule has 30 heavy (non-hydrogen) atoms. The van der Waals surface area contributed by atoms with Crippen molar-refractivity contribution in [1.82, 2.24) is 10.2 Å². The Morgan fingerprint density at radius 2 is 2.00 bits per heavy atom. The van der Waals surface area contributed by atoms with Gasteiger partial charge in [0.2, 0.25) is 0 Å². The molecule has 0 saturated carbocycles. The minimum atomic E-state index is -4.38. The Bertz CT molecular complexity index is 685. The molecule has 170 valence electrons. The first-order valence-electron chi connectivity index (χ1n) is 10.00. The molecule has 2 saturated heterocycles. The van der Waals surface area contributed by atoms with E-state index in [-0.39, 0.29) is 48.5 Å². The van der Waals surface area contributed by atoms with Crippen molar-refractivity contribution in [3.8, 4) is 5.75 Å². The summed E-state index contributed by atoms with van der Waals surface area (Å²) in [4.78, 5) is 6.77. The fraction of sp³-hybridized carbons (Fsp3) is 0.650. The summed E-state index contributed by atoms with van der Waals surface area (Å²) in [5.74, 6) is 0.910. The highest BCUT2D eigenvalue weighted by Gasteiger charge is 2.32. The number of hydrogen-bond acceptors (Lipinski definition) is 4. The number of guanidine groups is 1. The van der Waals surface area contributed by atoms with Crippen molar-refractivity contribution in [3.05, 3.63) is 29.8 Å². The lowest BCUT2D eigenvalue weighted by Gasteiger charge is -2.37. The van der Waals surface area contributed by atoms with Crippen molar-refractivity contribution < 1.29 is 27.4 Å². The molecule has 1 aromatic carbocycles. The lowest BCUT2D eigenvalue weighted by atomic mass is 10.1. The second-order valence-corrected chi connectivity index (χ2v) is 7.09. The van der Waals surface area contributed by atoms with E-state index in [0.717, 1.165) is 19.4 Å². The summed E-state index contributed by atoms with van der Waals surface area (Å²) in [7, 11) is 0. The molecule has 2 unspecified atom stereocenters. The number of aliphatic imine (C=N–C) groups is 1. The molecule has 0 aliphatic carbocycles. The number of benzene rings is 1. The van der Waals surface area contributed by atoms with E-state index >= 15 is 0 Å². The summed E-state index contributed by atoms with van der Waals surface area (Å²) in [6.07, 6.45) is -2.23. The second kappa shape index (κ2) is 11.9. The molecule has 3 rings (SSSR count). The van der Waals surface area contributed by atoms with E-state index in [2.05, 4.69) is 15.2 Å². The predicted molar refractivity (Wildman–Crippen MR) is 119 cm³/mol. The number of rotatable bonds is 6. The zero-order valence-electron chi connectivity index (χ0n) is 17.0. The van der Waals surface area contributed by atoms with Crippen molar-refractivity contribution in [1.29, 1.82) is 0 Å². The van der Waals surface area contributed by atoms with Crippen LogP contribution in [-0.2, 0) is 16.0 Å². The average molecular weight is 543 g/mol. The van der Waals surface area contributed by atoms with Crippen LogP contribution in [0.5, 0.6) is 5.75 Å². The van der Waals surface area contributed by atoms with Crippen molar-refractivity contribution in [2.75, 3.05) is 39.5 Å². The summed E-state index contributed by atoms with van der Waals surface area (Å²) < 4.78 is 54.1. The summed E-state index contributed by atoms with van der Waals surface area (Å²) in [6.45, 7) is 4.29. The third-order valence-corrected chi connectivity index (χ3v) is 4.87. The van der Waals surface area contributed by atoms with Crippen LogP contribution >= 0.6 is 24.0 Å². The number of hydrogen-bond donors (Lipinski definition) is 1. The molecule has 0 spiro atoms. The molecule has 2 heterocycles. The van der Waals surface area contributed by atoms with Crippen molar-refractivity contribution in [2.24, 2.45) is 4.99 Å². The van der Waals surface area contributed by atoms with Crippen LogP contribution in [0.4, 0.5) is 13.2 Å². The maximum atomic E-state index is 12.5. The molecule has 1 N–H and O–H groups in total. The highest BCUT2D eigenvalue weighted by Crippen LogP contribution is 2.24.